The van der Waals surface area contributed by atoms with Gasteiger partial charge in [0.05, 0.1) is 17.7 Å². The van der Waals surface area contributed by atoms with Gasteiger partial charge in [0.25, 0.3) is 0 Å². The molecule has 1 rings (SSSR count). The molecular weight excluding hydrogens is 274 g/mol. The molecule has 0 atom stereocenters. The highest BCUT2D eigenvalue weighted by molar-refractivity contribution is 6.33. The molecule has 1 aromatic heterocycles. The minimum atomic E-state index is 0.247. The van der Waals surface area contributed by atoms with Gasteiger partial charge >= 0.3 is 0 Å². The van der Waals surface area contributed by atoms with Crippen molar-refractivity contribution < 1.29 is 4.74 Å². The van der Waals surface area contributed by atoms with E-state index in [4.69, 9.17) is 16.3 Å². The summed E-state index contributed by atoms with van der Waals surface area (Å²) < 4.78 is 5.54. The zero-order valence-electron chi connectivity index (χ0n) is 13.1. The second kappa shape index (κ2) is 8.45. The normalized spacial score (nSPS) is 11.4. The lowest BCUT2D eigenvalue weighted by molar-refractivity contribution is 0.0845. The molecule has 0 saturated heterocycles. The highest BCUT2D eigenvalue weighted by atomic mass is 35.5. The molecular formula is C15H26ClN3O. The molecule has 0 aliphatic carbocycles. The fraction of sp³-hybridized carbons (Fsp3) is 0.667. The fourth-order valence-electron chi connectivity index (χ4n) is 1.70. The summed E-state index contributed by atoms with van der Waals surface area (Å²) in [5.41, 5.74) is 1.10. The first kappa shape index (κ1) is 17.2. The Morgan fingerprint density at radius 2 is 2.05 bits per heavy atom. The highest BCUT2D eigenvalue weighted by Crippen LogP contribution is 2.23. The Balaban J connectivity index is 2.58. The van der Waals surface area contributed by atoms with Crippen LogP contribution in [-0.4, -0.2) is 37.3 Å². The molecule has 0 aliphatic rings. The largest absolute Gasteiger partial charge is 0.377 e. The number of aromatic nitrogens is 1. The van der Waals surface area contributed by atoms with E-state index in [1.165, 1.54) is 0 Å². The minimum absolute atomic E-state index is 0.247. The van der Waals surface area contributed by atoms with E-state index in [1.807, 2.05) is 38.1 Å². The van der Waals surface area contributed by atoms with Crippen LogP contribution in [0.4, 0.5) is 5.82 Å². The van der Waals surface area contributed by atoms with E-state index in [0.29, 0.717) is 17.7 Å². The van der Waals surface area contributed by atoms with Crippen molar-refractivity contribution in [3.63, 3.8) is 0 Å². The predicted molar refractivity (Wildman–Crippen MR) is 85.6 cm³/mol. The number of likely N-dealkylation sites (N-methyl/N-ethyl adjacent to an activating group) is 1. The smallest absolute Gasteiger partial charge is 0.147 e. The maximum Gasteiger partial charge on any atom is 0.147 e. The van der Waals surface area contributed by atoms with Crippen molar-refractivity contribution in [3.05, 3.63) is 22.8 Å². The summed E-state index contributed by atoms with van der Waals surface area (Å²) in [7, 11) is 1.98. The number of hydrogen-bond acceptors (Lipinski definition) is 4. The van der Waals surface area contributed by atoms with Crippen molar-refractivity contribution >= 4 is 17.4 Å². The summed E-state index contributed by atoms with van der Waals surface area (Å²) in [5.74, 6) is 0.798. The Bertz CT molecular complexity index is 410. The number of anilines is 1. The first-order chi connectivity index (χ1) is 9.40. The van der Waals surface area contributed by atoms with Crippen LogP contribution in [0.5, 0.6) is 0 Å². The number of ether oxygens (including phenoxy) is 1. The summed E-state index contributed by atoms with van der Waals surface area (Å²) in [6, 6.07) is 2.42. The first-order valence-electron chi connectivity index (χ1n) is 7.10. The van der Waals surface area contributed by atoms with E-state index in [0.717, 1.165) is 24.5 Å². The number of pyridine rings is 1. The molecule has 0 unspecified atom stereocenters. The van der Waals surface area contributed by atoms with E-state index < -0.39 is 0 Å². The molecule has 1 aromatic rings. The summed E-state index contributed by atoms with van der Waals surface area (Å²) in [5, 5.41) is 4.03. The monoisotopic (exact) mass is 299 g/mol. The summed E-state index contributed by atoms with van der Waals surface area (Å²) in [6.45, 7) is 10.5. The average molecular weight is 300 g/mol. The van der Waals surface area contributed by atoms with Gasteiger partial charge in [0, 0.05) is 32.4 Å². The number of rotatable bonds is 8. The molecule has 20 heavy (non-hydrogen) atoms. The van der Waals surface area contributed by atoms with Gasteiger partial charge in [0.1, 0.15) is 5.82 Å². The molecule has 4 nitrogen and oxygen atoms in total. The van der Waals surface area contributed by atoms with Gasteiger partial charge in [-0.3, -0.25) is 0 Å². The van der Waals surface area contributed by atoms with E-state index in [1.54, 1.807) is 0 Å². The van der Waals surface area contributed by atoms with Crippen LogP contribution in [0.2, 0.25) is 5.02 Å². The third kappa shape index (κ3) is 6.07. The van der Waals surface area contributed by atoms with Gasteiger partial charge in [-0.15, -0.1) is 0 Å². The fourth-order valence-corrected chi connectivity index (χ4v) is 2.03. The molecule has 0 aliphatic heterocycles. The average Bonchev–Trinajstić information content (AvgIpc) is 2.35. The maximum atomic E-state index is 6.31. The molecule has 0 fully saturated rings. The van der Waals surface area contributed by atoms with E-state index in [-0.39, 0.29) is 6.10 Å². The molecule has 0 saturated carbocycles. The standard InChI is InChI=1S/C15H26ClN3O/c1-11(2)17-9-13-8-14(16)15(18-10-13)19(5)6-7-20-12(3)4/h8,10-12,17H,6-7,9H2,1-5H3. The Kier molecular flexibility index (Phi) is 7.27. The minimum Gasteiger partial charge on any atom is -0.377 e. The number of hydrogen-bond donors (Lipinski definition) is 1. The van der Waals surface area contributed by atoms with Gasteiger partial charge in [-0.25, -0.2) is 4.98 Å². The lowest BCUT2D eigenvalue weighted by atomic mass is 10.2. The van der Waals surface area contributed by atoms with E-state index in [9.17, 15) is 0 Å². The van der Waals surface area contributed by atoms with Gasteiger partial charge < -0.3 is 15.0 Å². The van der Waals surface area contributed by atoms with Crippen molar-refractivity contribution in [3.8, 4) is 0 Å². The maximum absolute atomic E-state index is 6.31. The van der Waals surface area contributed by atoms with Crippen molar-refractivity contribution in [1.82, 2.24) is 10.3 Å². The van der Waals surface area contributed by atoms with Crippen LogP contribution < -0.4 is 10.2 Å². The summed E-state index contributed by atoms with van der Waals surface area (Å²) in [6.07, 6.45) is 2.12. The van der Waals surface area contributed by atoms with Crippen molar-refractivity contribution in [2.75, 3.05) is 25.1 Å². The number of nitrogens with zero attached hydrogens (tertiary/aromatic N) is 2. The third-order valence-corrected chi connectivity index (χ3v) is 3.11. The van der Waals surface area contributed by atoms with Gasteiger partial charge in [-0.05, 0) is 25.5 Å². The lowest BCUT2D eigenvalue weighted by Crippen LogP contribution is -2.25. The Labute approximate surface area is 127 Å². The molecule has 1 heterocycles. The summed E-state index contributed by atoms with van der Waals surface area (Å²) in [4.78, 5) is 6.47. The third-order valence-electron chi connectivity index (χ3n) is 2.83. The first-order valence-corrected chi connectivity index (χ1v) is 7.48. The van der Waals surface area contributed by atoms with Crippen LogP contribution in [-0.2, 0) is 11.3 Å². The van der Waals surface area contributed by atoms with Gasteiger partial charge in [0.2, 0.25) is 0 Å². The molecule has 0 aromatic carbocycles. The second-order valence-corrected chi connectivity index (χ2v) is 5.93. The van der Waals surface area contributed by atoms with Gasteiger partial charge in [-0.1, -0.05) is 25.4 Å². The molecule has 1 N–H and O–H groups in total. The lowest BCUT2D eigenvalue weighted by Gasteiger charge is -2.20. The molecule has 114 valence electrons. The predicted octanol–water partition coefficient (Wildman–Crippen LogP) is 3.09. The van der Waals surface area contributed by atoms with E-state index >= 15 is 0 Å². The van der Waals surface area contributed by atoms with Crippen LogP contribution in [0.25, 0.3) is 0 Å². The SMILES string of the molecule is CC(C)NCc1cnc(N(C)CCOC(C)C)c(Cl)c1. The highest BCUT2D eigenvalue weighted by Gasteiger charge is 2.09. The quantitative estimate of drug-likeness (QED) is 0.800. The van der Waals surface area contributed by atoms with Crippen LogP contribution >= 0.6 is 11.6 Å². The zero-order valence-corrected chi connectivity index (χ0v) is 13.9. The second-order valence-electron chi connectivity index (χ2n) is 5.53. The Morgan fingerprint density at radius 3 is 2.60 bits per heavy atom. The van der Waals surface area contributed by atoms with Crippen molar-refractivity contribution in [2.45, 2.75) is 46.4 Å². The van der Waals surface area contributed by atoms with E-state index in [2.05, 4.69) is 24.1 Å². The molecule has 0 radical (unpaired) electrons. The molecule has 0 spiro atoms. The Hall–Kier alpha value is -0.840. The topological polar surface area (TPSA) is 37.4 Å². The van der Waals surface area contributed by atoms with Gasteiger partial charge in [0.15, 0.2) is 0 Å². The van der Waals surface area contributed by atoms with Crippen molar-refractivity contribution in [2.24, 2.45) is 0 Å². The number of nitrogens with one attached hydrogen (secondary N) is 1. The van der Waals surface area contributed by atoms with Crippen LogP contribution in [0, 0.1) is 0 Å². The van der Waals surface area contributed by atoms with Gasteiger partial charge in [-0.2, -0.15) is 0 Å². The molecule has 0 amide bonds. The van der Waals surface area contributed by atoms with Crippen LogP contribution in [0.15, 0.2) is 12.3 Å². The molecule has 0 bridgehead atoms. The molecule has 5 heteroatoms. The van der Waals surface area contributed by atoms with Crippen molar-refractivity contribution in [1.29, 1.82) is 0 Å². The summed E-state index contributed by atoms with van der Waals surface area (Å²) >= 11 is 6.31. The van der Waals surface area contributed by atoms with Crippen LogP contribution in [0.1, 0.15) is 33.3 Å². The zero-order chi connectivity index (χ0) is 15.1. The number of halogens is 1. The Morgan fingerprint density at radius 1 is 1.35 bits per heavy atom. The van der Waals surface area contributed by atoms with Crippen LogP contribution in [0.3, 0.4) is 0 Å².